The van der Waals surface area contributed by atoms with Gasteiger partial charge in [-0.2, -0.15) is 4.31 Å². The number of nitrogens with one attached hydrogen (secondary N) is 1. The first-order valence-electron chi connectivity index (χ1n) is 9.40. The fourth-order valence-electron chi connectivity index (χ4n) is 3.30. The van der Waals surface area contributed by atoms with E-state index in [1.165, 1.54) is 22.8 Å². The minimum Gasteiger partial charge on any atom is -0.465 e. The molecule has 0 unspecified atom stereocenters. The van der Waals surface area contributed by atoms with Crippen LogP contribution < -0.4 is 5.32 Å². The quantitative estimate of drug-likeness (QED) is 0.673. The average Bonchev–Trinajstić information content (AvgIpc) is 3.29. The molecule has 1 aromatic heterocycles. The number of sulfonamides is 1. The van der Waals surface area contributed by atoms with Crippen molar-refractivity contribution in [2.24, 2.45) is 5.92 Å². The summed E-state index contributed by atoms with van der Waals surface area (Å²) in [6, 6.07) is 10.4. The van der Waals surface area contributed by atoms with E-state index in [1.54, 1.807) is 29.6 Å². The Bertz CT molecular complexity index is 932. The zero-order chi connectivity index (χ0) is 20.9. The van der Waals surface area contributed by atoms with E-state index in [2.05, 4.69) is 10.1 Å². The maximum absolute atomic E-state index is 12.5. The molecule has 156 valence electrons. The Morgan fingerprint density at radius 3 is 2.45 bits per heavy atom. The number of hydrogen-bond donors (Lipinski definition) is 1. The first kappa shape index (κ1) is 21.5. The van der Waals surface area contributed by atoms with E-state index >= 15 is 0 Å². The number of amides is 1. The molecule has 2 aromatic rings. The fraction of sp³-hybridized carbons (Fsp3) is 0.400. The van der Waals surface area contributed by atoms with Crippen LogP contribution in [0.5, 0.6) is 0 Å². The van der Waals surface area contributed by atoms with Crippen molar-refractivity contribution in [3.8, 4) is 0 Å². The maximum Gasteiger partial charge on any atom is 0.337 e. The maximum atomic E-state index is 12.5. The van der Waals surface area contributed by atoms with Gasteiger partial charge in [0, 0.05) is 25.6 Å². The van der Waals surface area contributed by atoms with Crippen LogP contribution in [0.1, 0.15) is 28.8 Å². The Labute approximate surface area is 174 Å². The predicted octanol–water partition coefficient (Wildman–Crippen LogP) is 2.29. The lowest BCUT2D eigenvalue weighted by Gasteiger charge is -2.30. The molecule has 0 aliphatic carbocycles. The van der Waals surface area contributed by atoms with Crippen LogP contribution in [0.15, 0.2) is 46.0 Å². The molecule has 1 saturated heterocycles. The largest absolute Gasteiger partial charge is 0.465 e. The van der Waals surface area contributed by atoms with E-state index in [0.717, 1.165) is 5.56 Å². The molecule has 0 radical (unpaired) electrons. The van der Waals surface area contributed by atoms with Gasteiger partial charge in [-0.15, -0.1) is 11.3 Å². The molecule has 3 rings (SSSR count). The van der Waals surface area contributed by atoms with Crippen molar-refractivity contribution in [3.63, 3.8) is 0 Å². The summed E-state index contributed by atoms with van der Waals surface area (Å²) >= 11 is 1.21. The number of carbonyl (C=O) groups is 2. The second-order valence-corrected chi connectivity index (χ2v) is 9.95. The number of carbonyl (C=O) groups excluding carboxylic acids is 2. The summed E-state index contributed by atoms with van der Waals surface area (Å²) in [6.45, 7) is 1.20. The molecule has 7 nitrogen and oxygen atoms in total. The number of methoxy groups -OCH3 is 1. The van der Waals surface area contributed by atoms with E-state index in [-0.39, 0.29) is 17.8 Å². The normalized spacial score (nSPS) is 15.8. The highest BCUT2D eigenvalue weighted by Crippen LogP contribution is 2.26. The van der Waals surface area contributed by atoms with Gasteiger partial charge >= 0.3 is 5.97 Å². The molecule has 0 saturated carbocycles. The Hall–Kier alpha value is -2.23. The number of benzene rings is 1. The number of thiophene rings is 1. The third-order valence-electron chi connectivity index (χ3n) is 5.00. The highest BCUT2D eigenvalue weighted by molar-refractivity contribution is 7.91. The van der Waals surface area contributed by atoms with Gasteiger partial charge in [0.25, 0.3) is 10.0 Å². The Morgan fingerprint density at radius 1 is 1.17 bits per heavy atom. The van der Waals surface area contributed by atoms with Gasteiger partial charge in [0.05, 0.1) is 12.7 Å². The molecule has 1 N–H and O–H groups in total. The summed E-state index contributed by atoms with van der Waals surface area (Å²) in [5, 5.41) is 4.68. The number of esters is 1. The third kappa shape index (κ3) is 5.23. The Kier molecular flexibility index (Phi) is 7.05. The van der Waals surface area contributed by atoms with Gasteiger partial charge in [-0.25, -0.2) is 13.2 Å². The zero-order valence-corrected chi connectivity index (χ0v) is 17.8. The van der Waals surface area contributed by atoms with E-state index in [9.17, 15) is 18.0 Å². The minimum atomic E-state index is -3.45. The van der Waals surface area contributed by atoms with Gasteiger partial charge in [0.15, 0.2) is 0 Å². The molecule has 29 heavy (non-hydrogen) atoms. The van der Waals surface area contributed by atoms with E-state index in [0.29, 0.717) is 48.7 Å². The summed E-state index contributed by atoms with van der Waals surface area (Å²) < 4.78 is 31.6. The van der Waals surface area contributed by atoms with Gasteiger partial charge in [0.2, 0.25) is 5.91 Å². The van der Waals surface area contributed by atoms with Crippen LogP contribution in [0.3, 0.4) is 0 Å². The predicted molar refractivity (Wildman–Crippen MR) is 110 cm³/mol. The molecular weight excluding hydrogens is 412 g/mol. The minimum absolute atomic E-state index is 0.0376. The molecule has 1 aliphatic heterocycles. The van der Waals surface area contributed by atoms with Gasteiger partial charge in [-0.3, -0.25) is 4.79 Å². The first-order valence-corrected chi connectivity index (χ1v) is 11.7. The van der Waals surface area contributed by atoms with Crippen LogP contribution in [-0.4, -0.2) is 51.3 Å². The van der Waals surface area contributed by atoms with Crippen molar-refractivity contribution in [2.75, 3.05) is 26.7 Å². The van der Waals surface area contributed by atoms with Gasteiger partial charge in [0.1, 0.15) is 4.21 Å². The second kappa shape index (κ2) is 9.51. The van der Waals surface area contributed by atoms with Crippen molar-refractivity contribution in [2.45, 2.75) is 23.5 Å². The zero-order valence-electron chi connectivity index (χ0n) is 16.2. The number of hydrogen-bond acceptors (Lipinski definition) is 6. The van der Waals surface area contributed by atoms with E-state index in [1.807, 2.05) is 12.1 Å². The van der Waals surface area contributed by atoms with Crippen LogP contribution in [0, 0.1) is 5.92 Å². The molecule has 0 spiro atoms. The Morgan fingerprint density at radius 2 is 1.86 bits per heavy atom. The lowest BCUT2D eigenvalue weighted by molar-refractivity contribution is -0.126. The van der Waals surface area contributed by atoms with E-state index < -0.39 is 10.0 Å². The highest BCUT2D eigenvalue weighted by Gasteiger charge is 2.32. The number of rotatable bonds is 7. The van der Waals surface area contributed by atoms with Crippen molar-refractivity contribution >= 4 is 33.2 Å². The summed E-state index contributed by atoms with van der Waals surface area (Å²) in [7, 11) is -2.10. The smallest absolute Gasteiger partial charge is 0.337 e. The topological polar surface area (TPSA) is 92.8 Å². The van der Waals surface area contributed by atoms with Crippen LogP contribution in [0.2, 0.25) is 0 Å². The number of ether oxygens (including phenoxy) is 1. The van der Waals surface area contributed by atoms with Crippen molar-refractivity contribution in [1.82, 2.24) is 9.62 Å². The lowest BCUT2D eigenvalue weighted by Crippen LogP contribution is -2.43. The summed E-state index contributed by atoms with van der Waals surface area (Å²) in [6.07, 6.45) is 1.69. The van der Waals surface area contributed by atoms with Crippen molar-refractivity contribution in [3.05, 3.63) is 52.9 Å². The second-order valence-electron chi connectivity index (χ2n) is 6.84. The standard InChI is InChI=1S/C20H24N2O5S2/c1-27-20(24)17-6-4-15(5-7-17)8-11-21-19(23)16-9-12-22(13-10-16)29(25,26)18-3-2-14-28-18/h2-7,14,16H,8-13H2,1H3,(H,21,23). The van der Waals surface area contributed by atoms with Crippen LogP contribution in [0.25, 0.3) is 0 Å². The summed E-state index contributed by atoms with van der Waals surface area (Å²) in [4.78, 5) is 23.9. The Balaban J connectivity index is 1.44. The van der Waals surface area contributed by atoms with Gasteiger partial charge in [-0.1, -0.05) is 18.2 Å². The molecule has 1 fully saturated rings. The number of piperidine rings is 1. The SMILES string of the molecule is COC(=O)c1ccc(CCNC(=O)C2CCN(S(=O)(=O)c3cccs3)CC2)cc1. The molecule has 9 heteroatoms. The molecule has 0 atom stereocenters. The molecule has 1 aromatic carbocycles. The summed E-state index contributed by atoms with van der Waals surface area (Å²) in [5.41, 5.74) is 1.50. The first-order chi connectivity index (χ1) is 13.9. The average molecular weight is 437 g/mol. The monoisotopic (exact) mass is 436 g/mol. The van der Waals surface area contributed by atoms with Crippen molar-refractivity contribution < 1.29 is 22.7 Å². The third-order valence-corrected chi connectivity index (χ3v) is 8.27. The van der Waals surface area contributed by atoms with Gasteiger partial charge in [-0.05, 0) is 48.4 Å². The number of nitrogens with zero attached hydrogens (tertiary/aromatic N) is 1. The molecule has 1 aliphatic rings. The molecule has 2 heterocycles. The van der Waals surface area contributed by atoms with E-state index in [4.69, 9.17) is 0 Å². The molecule has 1 amide bonds. The molecular formula is C20H24N2O5S2. The van der Waals surface area contributed by atoms with Crippen LogP contribution in [0.4, 0.5) is 0 Å². The van der Waals surface area contributed by atoms with Crippen LogP contribution in [-0.2, 0) is 26.0 Å². The molecule has 0 bridgehead atoms. The summed E-state index contributed by atoms with van der Waals surface area (Å²) in [5.74, 6) is -0.590. The van der Waals surface area contributed by atoms with Crippen molar-refractivity contribution in [1.29, 1.82) is 0 Å². The van der Waals surface area contributed by atoms with Crippen LogP contribution >= 0.6 is 11.3 Å². The van der Waals surface area contributed by atoms with Gasteiger partial charge < -0.3 is 10.1 Å². The lowest BCUT2D eigenvalue weighted by atomic mass is 9.97. The fourth-order valence-corrected chi connectivity index (χ4v) is 5.91. The highest BCUT2D eigenvalue weighted by atomic mass is 32.2.